The zero-order chi connectivity index (χ0) is 27.3. The Balaban J connectivity index is 2.08. The maximum Gasteiger partial charge on any atom is 0.264 e. The molecule has 7 nitrogen and oxygen atoms in total. The van der Waals surface area contributed by atoms with Crippen molar-refractivity contribution in [3.05, 3.63) is 94.0 Å². The number of halogens is 1. The highest BCUT2D eigenvalue weighted by Crippen LogP contribution is 2.29. The fourth-order valence-electron chi connectivity index (χ4n) is 3.98. The van der Waals surface area contributed by atoms with Crippen molar-refractivity contribution in [2.24, 2.45) is 0 Å². The van der Waals surface area contributed by atoms with E-state index in [2.05, 4.69) is 5.32 Å². The summed E-state index contributed by atoms with van der Waals surface area (Å²) in [6, 6.07) is 18.0. The Morgan fingerprint density at radius 1 is 0.973 bits per heavy atom. The largest absolute Gasteiger partial charge is 0.357 e. The Kier molecular flexibility index (Phi) is 8.99. The molecule has 3 rings (SSSR count). The lowest BCUT2D eigenvalue weighted by Gasteiger charge is -2.32. The lowest BCUT2D eigenvalue weighted by Crippen LogP contribution is -2.50. The molecule has 0 radical (unpaired) electrons. The van der Waals surface area contributed by atoms with Crippen LogP contribution in [0.25, 0.3) is 0 Å². The molecule has 1 unspecified atom stereocenters. The van der Waals surface area contributed by atoms with Crippen molar-refractivity contribution in [1.82, 2.24) is 10.2 Å². The fourth-order valence-corrected chi connectivity index (χ4v) is 5.66. The van der Waals surface area contributed by atoms with Crippen LogP contribution in [0.5, 0.6) is 0 Å². The Hall–Kier alpha value is -3.36. The van der Waals surface area contributed by atoms with Crippen molar-refractivity contribution in [1.29, 1.82) is 0 Å². The van der Waals surface area contributed by atoms with Gasteiger partial charge in [0.1, 0.15) is 12.6 Å². The summed E-state index contributed by atoms with van der Waals surface area (Å²) in [5, 5.41) is 3.07. The standard InChI is InChI=1S/C28H32ClN3O4S/c1-19-12-14-25(15-13-19)37(35,36)32(26-11-6-8-20(2)21(26)3)18-27(33)31(22(4)28(34)30-5)17-23-9-7-10-24(29)16-23/h6-16,22H,17-18H2,1-5H3,(H,30,34). The highest BCUT2D eigenvalue weighted by molar-refractivity contribution is 7.92. The monoisotopic (exact) mass is 541 g/mol. The minimum Gasteiger partial charge on any atom is -0.357 e. The topological polar surface area (TPSA) is 86.8 Å². The minimum absolute atomic E-state index is 0.0764. The number of hydrogen-bond acceptors (Lipinski definition) is 4. The Bertz CT molecular complexity index is 1390. The molecule has 0 aliphatic carbocycles. The van der Waals surface area contributed by atoms with Crippen molar-refractivity contribution in [3.63, 3.8) is 0 Å². The third-order valence-corrected chi connectivity index (χ3v) is 8.40. The first kappa shape index (κ1) is 28.2. The molecule has 0 heterocycles. The Labute approximate surface area is 224 Å². The molecule has 1 atom stereocenters. The number of nitrogens with zero attached hydrogens (tertiary/aromatic N) is 2. The first-order valence-electron chi connectivity index (χ1n) is 11.9. The zero-order valence-corrected chi connectivity index (χ0v) is 23.2. The summed E-state index contributed by atoms with van der Waals surface area (Å²) in [5.41, 5.74) is 3.68. The van der Waals surface area contributed by atoms with E-state index in [0.717, 1.165) is 26.6 Å². The van der Waals surface area contributed by atoms with Gasteiger partial charge in [0.15, 0.2) is 0 Å². The molecule has 0 saturated carbocycles. The van der Waals surface area contributed by atoms with Crippen LogP contribution in [-0.2, 0) is 26.2 Å². The van der Waals surface area contributed by atoms with Gasteiger partial charge in [0, 0.05) is 18.6 Å². The maximum absolute atomic E-state index is 13.9. The summed E-state index contributed by atoms with van der Waals surface area (Å²) in [6.45, 7) is 6.79. The van der Waals surface area contributed by atoms with Crippen LogP contribution in [0.3, 0.4) is 0 Å². The number of benzene rings is 3. The Morgan fingerprint density at radius 3 is 2.24 bits per heavy atom. The predicted molar refractivity (Wildman–Crippen MR) is 147 cm³/mol. The van der Waals surface area contributed by atoms with Crippen LogP contribution in [0.2, 0.25) is 5.02 Å². The number of carbonyl (C=O) groups is 2. The molecular formula is C28H32ClN3O4S. The number of nitrogens with one attached hydrogen (secondary N) is 1. The lowest BCUT2D eigenvalue weighted by molar-refractivity contribution is -0.139. The summed E-state index contributed by atoms with van der Waals surface area (Å²) >= 11 is 6.14. The van der Waals surface area contributed by atoms with E-state index in [1.165, 1.54) is 24.1 Å². The van der Waals surface area contributed by atoms with Crippen LogP contribution in [0.4, 0.5) is 5.69 Å². The van der Waals surface area contributed by atoms with E-state index in [1.807, 2.05) is 26.8 Å². The zero-order valence-electron chi connectivity index (χ0n) is 21.7. The van der Waals surface area contributed by atoms with E-state index in [0.29, 0.717) is 10.7 Å². The molecule has 3 aromatic carbocycles. The maximum atomic E-state index is 13.9. The second kappa shape index (κ2) is 11.8. The predicted octanol–water partition coefficient (Wildman–Crippen LogP) is 4.62. The number of anilines is 1. The van der Waals surface area contributed by atoms with Crippen LogP contribution >= 0.6 is 11.6 Å². The molecule has 0 spiro atoms. The first-order valence-corrected chi connectivity index (χ1v) is 13.7. The van der Waals surface area contributed by atoms with Crippen LogP contribution in [0, 0.1) is 20.8 Å². The second-order valence-electron chi connectivity index (χ2n) is 8.99. The number of aryl methyl sites for hydroxylation is 2. The first-order chi connectivity index (χ1) is 17.4. The van der Waals surface area contributed by atoms with E-state index in [4.69, 9.17) is 11.6 Å². The van der Waals surface area contributed by atoms with E-state index in [1.54, 1.807) is 55.5 Å². The van der Waals surface area contributed by atoms with Crippen molar-refractivity contribution in [3.8, 4) is 0 Å². The van der Waals surface area contributed by atoms with Gasteiger partial charge in [-0.3, -0.25) is 13.9 Å². The molecule has 1 N–H and O–H groups in total. The summed E-state index contributed by atoms with van der Waals surface area (Å²) in [6.07, 6.45) is 0. The van der Waals surface area contributed by atoms with Gasteiger partial charge in [-0.1, -0.05) is 53.6 Å². The molecule has 196 valence electrons. The average molecular weight is 542 g/mol. The number of sulfonamides is 1. The highest BCUT2D eigenvalue weighted by atomic mass is 35.5. The molecule has 0 bridgehead atoms. The molecule has 0 saturated heterocycles. The van der Waals surface area contributed by atoms with Gasteiger partial charge in [-0.15, -0.1) is 0 Å². The summed E-state index contributed by atoms with van der Waals surface area (Å²) in [5.74, 6) is -0.886. The molecule has 37 heavy (non-hydrogen) atoms. The highest BCUT2D eigenvalue weighted by Gasteiger charge is 2.33. The smallest absolute Gasteiger partial charge is 0.264 e. The number of hydrogen-bond donors (Lipinski definition) is 1. The third-order valence-electron chi connectivity index (χ3n) is 6.39. The molecule has 0 aliphatic heterocycles. The second-order valence-corrected chi connectivity index (χ2v) is 11.3. The van der Waals surface area contributed by atoms with Gasteiger partial charge in [-0.25, -0.2) is 8.42 Å². The van der Waals surface area contributed by atoms with Crippen LogP contribution in [0.15, 0.2) is 71.6 Å². The number of carbonyl (C=O) groups excluding carboxylic acids is 2. The normalized spacial score (nSPS) is 12.1. The molecular weight excluding hydrogens is 510 g/mol. The molecule has 3 aromatic rings. The molecule has 9 heteroatoms. The molecule has 0 fully saturated rings. The average Bonchev–Trinajstić information content (AvgIpc) is 2.87. The fraction of sp³-hybridized carbons (Fsp3) is 0.286. The summed E-state index contributed by atoms with van der Waals surface area (Å²) in [7, 11) is -2.61. The number of rotatable bonds is 9. The van der Waals surface area contributed by atoms with Crippen LogP contribution in [0.1, 0.15) is 29.2 Å². The van der Waals surface area contributed by atoms with Gasteiger partial charge in [-0.2, -0.15) is 0 Å². The van der Waals surface area contributed by atoms with Crippen molar-refractivity contribution in [2.45, 2.75) is 45.2 Å². The molecule has 0 aromatic heterocycles. The summed E-state index contributed by atoms with van der Waals surface area (Å²) in [4.78, 5) is 27.8. The van der Waals surface area contributed by atoms with Crippen LogP contribution in [-0.4, -0.2) is 44.8 Å². The van der Waals surface area contributed by atoms with Crippen LogP contribution < -0.4 is 9.62 Å². The lowest BCUT2D eigenvalue weighted by atomic mass is 10.1. The number of likely N-dealkylation sites (N-methyl/N-ethyl adjacent to an activating group) is 1. The minimum atomic E-state index is -4.11. The quantitative estimate of drug-likeness (QED) is 0.428. The van der Waals surface area contributed by atoms with E-state index in [-0.39, 0.29) is 17.3 Å². The third kappa shape index (κ3) is 6.50. The number of amides is 2. The molecule has 2 amide bonds. The van der Waals surface area contributed by atoms with Gasteiger partial charge in [0.2, 0.25) is 11.8 Å². The van der Waals surface area contributed by atoms with Crippen molar-refractivity contribution < 1.29 is 18.0 Å². The van der Waals surface area contributed by atoms with Gasteiger partial charge < -0.3 is 10.2 Å². The van der Waals surface area contributed by atoms with Crippen molar-refractivity contribution >= 4 is 39.1 Å². The van der Waals surface area contributed by atoms with E-state index >= 15 is 0 Å². The molecule has 0 aliphatic rings. The van der Waals surface area contributed by atoms with E-state index in [9.17, 15) is 18.0 Å². The van der Waals surface area contributed by atoms with Gasteiger partial charge in [0.25, 0.3) is 10.0 Å². The van der Waals surface area contributed by atoms with E-state index < -0.39 is 28.5 Å². The SMILES string of the molecule is CNC(=O)C(C)N(Cc1cccc(Cl)c1)C(=O)CN(c1cccc(C)c1C)S(=O)(=O)c1ccc(C)cc1. The Morgan fingerprint density at radius 2 is 1.62 bits per heavy atom. The van der Waals surface area contributed by atoms with Gasteiger partial charge in [-0.05, 0) is 74.7 Å². The van der Waals surface area contributed by atoms with Crippen molar-refractivity contribution in [2.75, 3.05) is 17.9 Å². The van der Waals surface area contributed by atoms with Gasteiger partial charge >= 0.3 is 0 Å². The van der Waals surface area contributed by atoms with Gasteiger partial charge in [0.05, 0.1) is 10.6 Å². The summed E-state index contributed by atoms with van der Waals surface area (Å²) < 4.78 is 28.9.